The van der Waals surface area contributed by atoms with Crippen LogP contribution < -0.4 is 15.4 Å². The van der Waals surface area contributed by atoms with Crippen molar-refractivity contribution in [2.75, 3.05) is 13.1 Å². The third-order valence-electron chi connectivity index (χ3n) is 6.16. The van der Waals surface area contributed by atoms with Gasteiger partial charge in [0.2, 0.25) is 5.91 Å². The summed E-state index contributed by atoms with van der Waals surface area (Å²) in [6, 6.07) is 12.0. The fraction of sp³-hybridized carbons (Fsp3) is 0.400. The molecule has 0 radical (unpaired) electrons. The van der Waals surface area contributed by atoms with Gasteiger partial charge in [-0.2, -0.15) is 0 Å². The molecule has 34 heavy (non-hydrogen) atoms. The van der Waals surface area contributed by atoms with Gasteiger partial charge >= 0.3 is 5.97 Å². The van der Waals surface area contributed by atoms with Crippen molar-refractivity contribution in [2.24, 2.45) is 5.92 Å². The highest BCUT2D eigenvalue weighted by molar-refractivity contribution is 8.01. The highest BCUT2D eigenvalue weighted by atomic mass is 32.2. The van der Waals surface area contributed by atoms with Crippen LogP contribution in [0.5, 0.6) is 5.75 Å². The first kappa shape index (κ1) is 24.1. The van der Waals surface area contributed by atoms with Crippen LogP contribution in [0.2, 0.25) is 0 Å². The van der Waals surface area contributed by atoms with E-state index in [1.54, 1.807) is 0 Å². The number of carboxylic acids is 1. The number of rotatable bonds is 8. The molecule has 9 heteroatoms. The van der Waals surface area contributed by atoms with Crippen molar-refractivity contribution >= 4 is 29.5 Å². The molecule has 0 spiro atoms. The van der Waals surface area contributed by atoms with Crippen molar-refractivity contribution in [2.45, 2.75) is 48.4 Å². The minimum Gasteiger partial charge on any atom is -0.490 e. The van der Waals surface area contributed by atoms with Gasteiger partial charge in [-0.25, -0.2) is 4.39 Å². The molecule has 0 saturated heterocycles. The first-order valence-electron chi connectivity index (χ1n) is 11.4. The third kappa shape index (κ3) is 5.88. The Kier molecular flexibility index (Phi) is 7.72. The summed E-state index contributed by atoms with van der Waals surface area (Å²) in [5.41, 5.74) is 1.06. The maximum atomic E-state index is 14.5. The molecule has 0 bridgehead atoms. The van der Waals surface area contributed by atoms with E-state index >= 15 is 0 Å². The van der Waals surface area contributed by atoms with E-state index in [0.717, 1.165) is 10.5 Å². The van der Waals surface area contributed by atoms with Crippen LogP contribution in [-0.2, 0) is 16.0 Å². The highest BCUT2D eigenvalue weighted by Gasteiger charge is 2.28. The van der Waals surface area contributed by atoms with E-state index in [1.165, 1.54) is 30.0 Å². The second-order valence-electron chi connectivity index (χ2n) is 8.54. The monoisotopic (exact) mass is 486 g/mol. The molecule has 1 unspecified atom stereocenters. The molecular weight excluding hydrogens is 459 g/mol. The Balaban J connectivity index is 1.19. The maximum Gasteiger partial charge on any atom is 0.306 e. The lowest BCUT2D eigenvalue weighted by Crippen LogP contribution is -2.38. The summed E-state index contributed by atoms with van der Waals surface area (Å²) in [6.45, 7) is 0.430. The molecule has 180 valence electrons. The Morgan fingerprint density at radius 2 is 1.76 bits per heavy atom. The number of carbonyl (C=O) groups excluding carboxylic acids is 2. The summed E-state index contributed by atoms with van der Waals surface area (Å²) in [4.78, 5) is 36.9. The number of carbonyl (C=O) groups is 3. The average molecular weight is 487 g/mol. The van der Waals surface area contributed by atoms with Crippen LogP contribution in [0.15, 0.2) is 47.4 Å². The molecule has 2 aromatic carbocycles. The number of hydrogen-bond acceptors (Lipinski definition) is 5. The van der Waals surface area contributed by atoms with Crippen LogP contribution in [0.1, 0.15) is 41.6 Å². The second kappa shape index (κ2) is 10.9. The smallest absolute Gasteiger partial charge is 0.306 e. The van der Waals surface area contributed by atoms with Crippen LogP contribution in [0.25, 0.3) is 0 Å². The molecular formula is C25H27FN2O5S. The standard InChI is InChI=1S/C25H27FN2O5S/c26-20-14-18(33-17-7-5-15(6-8-17)25(31)32)9-10-19(20)23(29)27-11-12-28-24(30)22-13-16-3-1-2-4-21(16)34-22/h1-4,9-10,14-15,17,22H,5-8,11-13H2,(H,27,29)(H,28,30)(H,31,32)/t15-,17+,22?. The first-order valence-corrected chi connectivity index (χ1v) is 12.3. The summed E-state index contributed by atoms with van der Waals surface area (Å²) >= 11 is 1.54. The zero-order chi connectivity index (χ0) is 24.1. The fourth-order valence-electron chi connectivity index (χ4n) is 4.27. The average Bonchev–Trinajstić information content (AvgIpc) is 3.26. The van der Waals surface area contributed by atoms with Crippen molar-refractivity contribution in [3.63, 3.8) is 0 Å². The zero-order valence-electron chi connectivity index (χ0n) is 18.6. The number of ether oxygens (including phenoxy) is 1. The molecule has 2 aromatic rings. The van der Waals surface area contributed by atoms with Crippen molar-refractivity contribution in [1.29, 1.82) is 0 Å². The molecule has 2 amide bonds. The van der Waals surface area contributed by atoms with Gasteiger partial charge in [0, 0.05) is 24.1 Å². The lowest BCUT2D eigenvalue weighted by atomic mass is 9.87. The number of halogens is 1. The van der Waals surface area contributed by atoms with Crippen molar-refractivity contribution in [3.8, 4) is 5.75 Å². The molecule has 2 aliphatic rings. The van der Waals surface area contributed by atoms with Gasteiger partial charge in [0.05, 0.1) is 22.8 Å². The first-order chi connectivity index (χ1) is 16.4. The SMILES string of the molecule is O=C(NCCNC(=O)C1Cc2ccccc2S1)c1ccc(O[C@H]2CC[C@@H](C(=O)O)CC2)cc1F. The van der Waals surface area contributed by atoms with Crippen LogP contribution >= 0.6 is 11.8 Å². The number of carboxylic acid groups (broad SMARTS) is 1. The summed E-state index contributed by atoms with van der Waals surface area (Å²) in [7, 11) is 0. The minimum atomic E-state index is -0.789. The predicted octanol–water partition coefficient (Wildman–Crippen LogP) is 3.41. The van der Waals surface area contributed by atoms with E-state index < -0.39 is 17.7 Å². The van der Waals surface area contributed by atoms with E-state index in [1.807, 2.05) is 24.3 Å². The largest absolute Gasteiger partial charge is 0.490 e. The number of aliphatic carboxylic acids is 1. The molecule has 0 aromatic heterocycles. The minimum absolute atomic E-state index is 0.0829. The zero-order valence-corrected chi connectivity index (χ0v) is 19.4. The van der Waals surface area contributed by atoms with Gasteiger partial charge in [-0.15, -0.1) is 11.8 Å². The molecule has 1 fully saturated rings. The Hall–Kier alpha value is -3.07. The number of nitrogens with one attached hydrogen (secondary N) is 2. The van der Waals surface area contributed by atoms with Gasteiger partial charge in [-0.05, 0) is 55.9 Å². The summed E-state index contributed by atoms with van der Waals surface area (Å²) in [5.74, 6) is -2.17. The topological polar surface area (TPSA) is 105 Å². The summed E-state index contributed by atoms with van der Waals surface area (Å²) in [5, 5.41) is 14.3. The highest BCUT2D eigenvalue weighted by Crippen LogP contribution is 2.36. The Bertz CT molecular complexity index is 1050. The molecule has 7 nitrogen and oxygen atoms in total. The van der Waals surface area contributed by atoms with Crippen LogP contribution in [-0.4, -0.2) is 47.3 Å². The lowest BCUT2D eigenvalue weighted by molar-refractivity contribution is -0.143. The summed E-state index contributed by atoms with van der Waals surface area (Å²) < 4.78 is 20.3. The van der Waals surface area contributed by atoms with Crippen LogP contribution in [0, 0.1) is 11.7 Å². The van der Waals surface area contributed by atoms with Crippen molar-refractivity contribution < 1.29 is 28.6 Å². The molecule has 1 aliphatic carbocycles. The van der Waals surface area contributed by atoms with E-state index in [-0.39, 0.29) is 41.8 Å². The Morgan fingerprint density at radius 1 is 1.03 bits per heavy atom. The van der Waals surface area contributed by atoms with E-state index in [9.17, 15) is 18.8 Å². The quantitative estimate of drug-likeness (QED) is 0.494. The summed E-state index contributed by atoms with van der Waals surface area (Å²) in [6.07, 6.45) is 2.78. The van der Waals surface area contributed by atoms with Gasteiger partial charge in [-0.1, -0.05) is 18.2 Å². The van der Waals surface area contributed by atoms with Gasteiger partial charge < -0.3 is 20.5 Å². The van der Waals surface area contributed by atoms with E-state index in [0.29, 0.717) is 37.9 Å². The molecule has 1 atom stereocenters. The van der Waals surface area contributed by atoms with Gasteiger partial charge in [0.25, 0.3) is 5.91 Å². The van der Waals surface area contributed by atoms with E-state index in [2.05, 4.69) is 10.6 Å². The number of thioether (sulfide) groups is 1. The van der Waals surface area contributed by atoms with Gasteiger partial charge in [0.1, 0.15) is 11.6 Å². The van der Waals surface area contributed by atoms with Crippen LogP contribution in [0.3, 0.4) is 0 Å². The molecule has 1 aliphatic heterocycles. The van der Waals surface area contributed by atoms with Gasteiger partial charge in [0.15, 0.2) is 0 Å². The fourth-order valence-corrected chi connectivity index (χ4v) is 5.49. The van der Waals surface area contributed by atoms with Crippen molar-refractivity contribution in [1.82, 2.24) is 10.6 Å². The predicted molar refractivity (Wildman–Crippen MR) is 126 cm³/mol. The molecule has 1 saturated carbocycles. The number of hydrogen-bond donors (Lipinski definition) is 3. The van der Waals surface area contributed by atoms with E-state index in [4.69, 9.17) is 9.84 Å². The van der Waals surface area contributed by atoms with Gasteiger partial charge in [-0.3, -0.25) is 14.4 Å². The normalized spacial score (nSPS) is 21.4. The Labute approximate surface area is 201 Å². The van der Waals surface area contributed by atoms with Crippen molar-refractivity contribution in [3.05, 3.63) is 59.4 Å². The molecule has 3 N–H and O–H groups in total. The number of fused-ring (bicyclic) bond motifs is 1. The third-order valence-corrected chi connectivity index (χ3v) is 7.48. The number of benzene rings is 2. The lowest BCUT2D eigenvalue weighted by Gasteiger charge is -2.26. The molecule has 1 heterocycles. The second-order valence-corrected chi connectivity index (χ2v) is 9.78. The Morgan fingerprint density at radius 3 is 2.47 bits per heavy atom. The molecule has 4 rings (SSSR count). The number of amides is 2. The van der Waals surface area contributed by atoms with Crippen LogP contribution in [0.4, 0.5) is 4.39 Å². The maximum absolute atomic E-state index is 14.5.